The number of likely N-dealkylation sites (tertiary alicyclic amines) is 1. The van der Waals surface area contributed by atoms with Gasteiger partial charge in [0, 0.05) is 57.9 Å². The number of hydrogen-bond acceptors (Lipinski definition) is 5. The zero-order valence-electron chi connectivity index (χ0n) is 14.7. The molecule has 134 valence electrons. The Hall–Kier alpha value is -2.19. The number of amides is 1. The number of imidazole rings is 1. The fourth-order valence-electron chi connectivity index (χ4n) is 3.92. The molecule has 2 aromatic heterocycles. The molecule has 2 aliphatic heterocycles. The van der Waals surface area contributed by atoms with Crippen molar-refractivity contribution in [1.82, 2.24) is 29.5 Å². The zero-order valence-corrected chi connectivity index (χ0v) is 14.7. The Morgan fingerprint density at radius 3 is 2.92 bits per heavy atom. The largest absolute Gasteiger partial charge is 0.357 e. The number of likely N-dealkylation sites (N-methyl/N-ethyl adjacent to an activating group) is 1. The molecule has 1 atom stereocenters. The van der Waals surface area contributed by atoms with E-state index in [4.69, 9.17) is 4.74 Å². The van der Waals surface area contributed by atoms with E-state index in [2.05, 4.69) is 31.1 Å². The molecule has 4 rings (SSSR count). The van der Waals surface area contributed by atoms with Gasteiger partial charge >= 0.3 is 0 Å². The predicted octanol–water partition coefficient (Wildman–Crippen LogP) is 0.253. The van der Waals surface area contributed by atoms with Crippen LogP contribution in [-0.2, 0) is 35.3 Å². The highest BCUT2D eigenvalue weighted by Gasteiger charge is 2.46. The minimum absolute atomic E-state index is 0.0727. The molecular weight excluding hydrogens is 320 g/mol. The standard InChI is InChI=1S/C17H24N6O2/c1-18-15(24)14-12-23-8-5-19-16(23)17(25-14)3-6-22(7-4-17)11-13-9-20-21(2)10-13/h5,8-10,14H,3-4,6-7,11-12H2,1-2H3,(H,18,24)/t14-/m0/s1. The van der Waals surface area contributed by atoms with Crippen LogP contribution in [0.15, 0.2) is 24.8 Å². The summed E-state index contributed by atoms with van der Waals surface area (Å²) < 4.78 is 10.2. The Kier molecular flexibility index (Phi) is 4.09. The molecule has 25 heavy (non-hydrogen) atoms. The zero-order chi connectivity index (χ0) is 17.4. The van der Waals surface area contributed by atoms with Crippen molar-refractivity contribution >= 4 is 5.91 Å². The van der Waals surface area contributed by atoms with Gasteiger partial charge in [-0.25, -0.2) is 4.98 Å². The van der Waals surface area contributed by atoms with Gasteiger partial charge in [0.15, 0.2) is 6.10 Å². The van der Waals surface area contributed by atoms with Crippen molar-refractivity contribution in [3.05, 3.63) is 36.2 Å². The Morgan fingerprint density at radius 1 is 1.44 bits per heavy atom. The van der Waals surface area contributed by atoms with Crippen LogP contribution in [0.3, 0.4) is 0 Å². The van der Waals surface area contributed by atoms with Gasteiger partial charge in [-0.2, -0.15) is 5.10 Å². The lowest BCUT2D eigenvalue weighted by Gasteiger charge is -2.45. The summed E-state index contributed by atoms with van der Waals surface area (Å²) in [6.45, 7) is 3.22. The van der Waals surface area contributed by atoms with Crippen LogP contribution in [0.4, 0.5) is 0 Å². The van der Waals surface area contributed by atoms with Crippen LogP contribution < -0.4 is 5.32 Å². The van der Waals surface area contributed by atoms with Crippen molar-refractivity contribution in [2.45, 2.75) is 37.6 Å². The second-order valence-corrected chi connectivity index (χ2v) is 6.92. The van der Waals surface area contributed by atoms with Crippen molar-refractivity contribution in [3.63, 3.8) is 0 Å². The van der Waals surface area contributed by atoms with Crippen LogP contribution in [0.1, 0.15) is 24.2 Å². The van der Waals surface area contributed by atoms with Crippen molar-refractivity contribution in [1.29, 1.82) is 0 Å². The Labute approximate surface area is 146 Å². The van der Waals surface area contributed by atoms with Gasteiger partial charge in [0.2, 0.25) is 0 Å². The Balaban J connectivity index is 1.50. The Morgan fingerprint density at radius 2 is 2.24 bits per heavy atom. The summed E-state index contributed by atoms with van der Waals surface area (Å²) in [7, 11) is 3.58. The molecule has 0 aromatic carbocycles. The summed E-state index contributed by atoms with van der Waals surface area (Å²) in [4.78, 5) is 19.1. The first-order valence-corrected chi connectivity index (χ1v) is 8.70. The number of nitrogens with zero attached hydrogens (tertiary/aromatic N) is 5. The molecule has 1 spiro atoms. The van der Waals surface area contributed by atoms with E-state index in [0.29, 0.717) is 6.54 Å². The highest BCUT2D eigenvalue weighted by molar-refractivity contribution is 5.80. The summed E-state index contributed by atoms with van der Waals surface area (Å²) in [5.74, 6) is 0.880. The molecule has 0 aliphatic carbocycles. The van der Waals surface area contributed by atoms with E-state index < -0.39 is 11.7 Å². The second kappa shape index (κ2) is 6.27. The third-order valence-corrected chi connectivity index (χ3v) is 5.22. The lowest BCUT2D eigenvalue weighted by Crippen LogP contribution is -2.53. The minimum Gasteiger partial charge on any atom is -0.357 e. The van der Waals surface area contributed by atoms with Crippen molar-refractivity contribution in [2.75, 3.05) is 20.1 Å². The van der Waals surface area contributed by atoms with Crippen LogP contribution >= 0.6 is 0 Å². The van der Waals surface area contributed by atoms with Gasteiger partial charge in [0.05, 0.1) is 12.7 Å². The number of rotatable bonds is 3. The van der Waals surface area contributed by atoms with E-state index in [0.717, 1.165) is 38.3 Å². The third kappa shape index (κ3) is 2.96. The molecule has 1 N–H and O–H groups in total. The number of aromatic nitrogens is 4. The predicted molar refractivity (Wildman–Crippen MR) is 90.6 cm³/mol. The first-order valence-electron chi connectivity index (χ1n) is 8.70. The smallest absolute Gasteiger partial charge is 0.250 e. The minimum atomic E-state index is -0.468. The van der Waals surface area contributed by atoms with E-state index in [9.17, 15) is 4.79 Å². The molecule has 1 saturated heterocycles. The maximum Gasteiger partial charge on any atom is 0.250 e. The number of carbonyl (C=O) groups excluding carboxylic acids is 1. The van der Waals surface area contributed by atoms with E-state index in [1.807, 2.05) is 24.1 Å². The fraction of sp³-hybridized carbons (Fsp3) is 0.588. The fourth-order valence-corrected chi connectivity index (χ4v) is 3.92. The van der Waals surface area contributed by atoms with Gasteiger partial charge < -0.3 is 14.6 Å². The summed E-state index contributed by atoms with van der Waals surface area (Å²) in [6.07, 6.45) is 8.91. The summed E-state index contributed by atoms with van der Waals surface area (Å²) in [6, 6.07) is 0. The quantitative estimate of drug-likeness (QED) is 0.864. The molecule has 0 saturated carbocycles. The molecule has 1 amide bonds. The monoisotopic (exact) mass is 344 g/mol. The number of aryl methyl sites for hydroxylation is 1. The van der Waals surface area contributed by atoms with Crippen LogP contribution in [0.25, 0.3) is 0 Å². The molecule has 0 radical (unpaired) electrons. The van der Waals surface area contributed by atoms with Gasteiger partial charge in [0.1, 0.15) is 11.4 Å². The van der Waals surface area contributed by atoms with Gasteiger partial charge in [0.25, 0.3) is 5.91 Å². The van der Waals surface area contributed by atoms with E-state index in [1.165, 1.54) is 5.56 Å². The van der Waals surface area contributed by atoms with Gasteiger partial charge in [-0.05, 0) is 12.8 Å². The van der Waals surface area contributed by atoms with Gasteiger partial charge in [-0.3, -0.25) is 14.4 Å². The molecular formula is C17H24N6O2. The molecule has 4 heterocycles. The number of piperidine rings is 1. The van der Waals surface area contributed by atoms with Gasteiger partial charge in [-0.1, -0.05) is 0 Å². The first kappa shape index (κ1) is 16.3. The number of hydrogen-bond donors (Lipinski definition) is 1. The average Bonchev–Trinajstić information content (AvgIpc) is 3.25. The normalized spacial score (nSPS) is 22.7. The van der Waals surface area contributed by atoms with Crippen molar-refractivity contribution in [3.8, 4) is 0 Å². The SMILES string of the molecule is CNC(=O)[C@@H]1Cn2ccnc2C2(CCN(Cc3cnn(C)c3)CC2)O1. The number of nitrogens with one attached hydrogen (secondary N) is 1. The second-order valence-electron chi connectivity index (χ2n) is 6.92. The van der Waals surface area contributed by atoms with Crippen LogP contribution in [0.5, 0.6) is 0 Å². The summed E-state index contributed by atoms with van der Waals surface area (Å²) in [5.41, 5.74) is 0.748. The van der Waals surface area contributed by atoms with Crippen molar-refractivity contribution < 1.29 is 9.53 Å². The van der Waals surface area contributed by atoms with E-state index >= 15 is 0 Å². The Bertz CT molecular complexity index is 759. The molecule has 8 nitrogen and oxygen atoms in total. The topological polar surface area (TPSA) is 77.2 Å². The molecule has 8 heteroatoms. The van der Waals surface area contributed by atoms with Crippen LogP contribution in [-0.4, -0.2) is 56.4 Å². The first-order chi connectivity index (χ1) is 12.1. The van der Waals surface area contributed by atoms with E-state index in [1.54, 1.807) is 13.2 Å². The third-order valence-electron chi connectivity index (χ3n) is 5.22. The van der Waals surface area contributed by atoms with Crippen molar-refractivity contribution in [2.24, 2.45) is 7.05 Å². The molecule has 1 fully saturated rings. The maximum absolute atomic E-state index is 12.1. The number of fused-ring (bicyclic) bond motifs is 2. The summed E-state index contributed by atoms with van der Waals surface area (Å²) >= 11 is 0. The maximum atomic E-state index is 12.1. The number of ether oxygens (including phenoxy) is 1. The van der Waals surface area contributed by atoms with E-state index in [-0.39, 0.29) is 5.91 Å². The average molecular weight is 344 g/mol. The summed E-state index contributed by atoms with van der Waals surface area (Å²) in [5, 5.41) is 6.94. The van der Waals surface area contributed by atoms with Crippen LogP contribution in [0, 0.1) is 0 Å². The molecule has 2 aliphatic rings. The molecule has 0 bridgehead atoms. The molecule has 2 aromatic rings. The lowest BCUT2D eigenvalue weighted by atomic mass is 9.88. The van der Waals surface area contributed by atoms with Crippen LogP contribution in [0.2, 0.25) is 0 Å². The molecule has 0 unspecified atom stereocenters. The number of carbonyl (C=O) groups is 1. The highest BCUT2D eigenvalue weighted by atomic mass is 16.5. The lowest BCUT2D eigenvalue weighted by molar-refractivity contribution is -0.173. The van der Waals surface area contributed by atoms with Gasteiger partial charge in [-0.15, -0.1) is 0 Å². The highest BCUT2D eigenvalue weighted by Crippen LogP contribution is 2.40.